The average Bonchev–Trinajstić information content (AvgIpc) is 2.86. The van der Waals surface area contributed by atoms with Crippen molar-refractivity contribution in [1.82, 2.24) is 10.6 Å². The molecule has 2 amide bonds. The van der Waals surface area contributed by atoms with E-state index in [9.17, 15) is 9.59 Å². The van der Waals surface area contributed by atoms with Gasteiger partial charge >= 0.3 is 12.0 Å². The molecule has 1 aromatic heterocycles. The number of rotatable bonds is 5. The molecule has 25 heavy (non-hydrogen) atoms. The van der Waals surface area contributed by atoms with Gasteiger partial charge in [-0.1, -0.05) is 6.08 Å². The van der Waals surface area contributed by atoms with Crippen LogP contribution in [0.3, 0.4) is 0 Å². The summed E-state index contributed by atoms with van der Waals surface area (Å²) in [5.41, 5.74) is 0.426. The van der Waals surface area contributed by atoms with E-state index >= 15 is 0 Å². The third-order valence-corrected chi connectivity index (χ3v) is 3.08. The predicted octanol–water partition coefficient (Wildman–Crippen LogP) is 3.32. The predicted molar refractivity (Wildman–Crippen MR) is 91.8 cm³/mol. The molecule has 134 valence electrons. The van der Waals surface area contributed by atoms with E-state index in [1.165, 1.54) is 6.07 Å². The second-order valence-corrected chi connectivity index (χ2v) is 6.56. The number of hydrogen-bond acceptors (Lipinski definition) is 4. The van der Waals surface area contributed by atoms with Crippen molar-refractivity contribution < 1.29 is 23.8 Å². The van der Waals surface area contributed by atoms with Gasteiger partial charge in [-0.2, -0.15) is 0 Å². The summed E-state index contributed by atoms with van der Waals surface area (Å²) in [5.74, 6) is -0.239. The summed E-state index contributed by atoms with van der Waals surface area (Å²) in [5, 5.41) is 14.4. The number of carboxylic acid groups (broad SMARTS) is 1. The molecule has 0 radical (unpaired) electrons. The van der Waals surface area contributed by atoms with Crippen molar-refractivity contribution in [2.75, 3.05) is 0 Å². The van der Waals surface area contributed by atoms with Crippen molar-refractivity contribution >= 4 is 12.0 Å². The minimum absolute atomic E-state index is 0.116. The molecule has 1 aliphatic rings. The van der Waals surface area contributed by atoms with Gasteiger partial charge < -0.3 is 24.9 Å². The van der Waals surface area contributed by atoms with Crippen molar-refractivity contribution in [2.24, 2.45) is 0 Å². The molecule has 1 aliphatic carbocycles. The van der Waals surface area contributed by atoms with E-state index in [1.807, 2.05) is 26.8 Å². The summed E-state index contributed by atoms with van der Waals surface area (Å²) < 4.78 is 10.7. The van der Waals surface area contributed by atoms with Crippen LogP contribution in [0.25, 0.3) is 0 Å². The molecule has 0 aliphatic heterocycles. The molecule has 7 heteroatoms. The van der Waals surface area contributed by atoms with Crippen LogP contribution in [0.2, 0.25) is 0 Å². The van der Waals surface area contributed by atoms with Gasteiger partial charge in [-0.25, -0.2) is 9.59 Å². The number of carboxylic acids is 1. The highest BCUT2D eigenvalue weighted by atomic mass is 16.5. The Balaban J connectivity index is 1.91. The van der Waals surface area contributed by atoms with E-state index in [0.29, 0.717) is 17.9 Å². The van der Waals surface area contributed by atoms with Crippen LogP contribution in [0.5, 0.6) is 0 Å². The van der Waals surface area contributed by atoms with E-state index < -0.39 is 5.97 Å². The molecule has 0 saturated carbocycles. The normalized spacial score (nSPS) is 14.2. The largest absolute Gasteiger partial charge is 0.486 e. The Labute approximate surface area is 146 Å². The number of ether oxygens (including phenoxy) is 1. The number of aromatic carboxylic acids is 1. The van der Waals surface area contributed by atoms with Gasteiger partial charge in [-0.3, -0.25) is 0 Å². The smallest absolute Gasteiger partial charge is 0.371 e. The summed E-state index contributed by atoms with van der Waals surface area (Å²) >= 11 is 0. The zero-order chi connectivity index (χ0) is 18.4. The number of allylic oxidation sites excluding steroid dienone is 4. The Morgan fingerprint density at radius 3 is 2.68 bits per heavy atom. The number of furan rings is 1. The summed E-state index contributed by atoms with van der Waals surface area (Å²) in [7, 11) is 0. The van der Waals surface area contributed by atoms with Gasteiger partial charge in [-0.15, -0.1) is 0 Å². The molecule has 7 nitrogen and oxygen atoms in total. The van der Waals surface area contributed by atoms with Crippen LogP contribution in [0.1, 0.15) is 43.5 Å². The fourth-order valence-electron chi connectivity index (χ4n) is 2.04. The first kappa shape index (κ1) is 18.4. The Morgan fingerprint density at radius 1 is 1.28 bits per heavy atom. The van der Waals surface area contributed by atoms with Crippen LogP contribution in [-0.4, -0.2) is 22.6 Å². The van der Waals surface area contributed by atoms with Gasteiger partial charge in [0.15, 0.2) is 0 Å². The van der Waals surface area contributed by atoms with Crippen LogP contribution in [-0.2, 0) is 11.3 Å². The second kappa shape index (κ2) is 7.74. The standard InChI is InChI=1S/C18H22N2O5/c1-18(2,3)20-17(23)19-12-5-4-6-13(8-7-12)24-11-14-9-10-15(25-14)16(21)22/h4,6-10H,5,11H2,1-3H3,(H,21,22)(H2,19,20,23). The lowest BCUT2D eigenvalue weighted by Gasteiger charge is -2.21. The van der Waals surface area contributed by atoms with Crippen LogP contribution in [0.4, 0.5) is 4.79 Å². The topological polar surface area (TPSA) is 101 Å². The maximum atomic E-state index is 11.9. The third kappa shape index (κ3) is 6.21. The van der Waals surface area contributed by atoms with Gasteiger partial charge in [0.2, 0.25) is 5.76 Å². The van der Waals surface area contributed by atoms with E-state index in [4.69, 9.17) is 14.3 Å². The van der Waals surface area contributed by atoms with Crippen molar-refractivity contribution in [2.45, 2.75) is 39.3 Å². The summed E-state index contributed by atoms with van der Waals surface area (Å²) in [4.78, 5) is 22.7. The summed E-state index contributed by atoms with van der Waals surface area (Å²) in [6, 6.07) is 2.68. The lowest BCUT2D eigenvalue weighted by molar-refractivity contribution is 0.0656. The van der Waals surface area contributed by atoms with Crippen molar-refractivity contribution in [1.29, 1.82) is 0 Å². The zero-order valence-corrected chi connectivity index (χ0v) is 14.5. The molecule has 0 unspecified atom stereocenters. The Morgan fingerprint density at radius 2 is 2.04 bits per heavy atom. The van der Waals surface area contributed by atoms with Crippen LogP contribution in [0.15, 0.2) is 52.3 Å². The van der Waals surface area contributed by atoms with Gasteiger partial charge in [0.05, 0.1) is 0 Å². The molecule has 0 aromatic carbocycles. The minimum Gasteiger partial charge on any atom is -0.486 e. The van der Waals surface area contributed by atoms with Crippen molar-refractivity contribution in [3.63, 3.8) is 0 Å². The molecule has 0 bridgehead atoms. The monoisotopic (exact) mass is 346 g/mol. The second-order valence-electron chi connectivity index (χ2n) is 6.56. The van der Waals surface area contributed by atoms with Gasteiger partial charge in [0.25, 0.3) is 0 Å². The number of hydrogen-bond donors (Lipinski definition) is 3. The zero-order valence-electron chi connectivity index (χ0n) is 14.5. The SMILES string of the molecule is CC(C)(C)NC(=O)NC1=CC=C(OCc2ccc(C(=O)O)o2)C=CC1. The van der Waals surface area contributed by atoms with Gasteiger partial charge in [0, 0.05) is 17.7 Å². The van der Waals surface area contributed by atoms with E-state index in [1.54, 1.807) is 24.3 Å². The molecule has 0 spiro atoms. The molecule has 0 saturated heterocycles. The molecule has 3 N–H and O–H groups in total. The average molecular weight is 346 g/mol. The number of carbonyl (C=O) groups excluding carboxylic acids is 1. The molecule has 0 atom stereocenters. The quantitative estimate of drug-likeness (QED) is 0.759. The Bertz CT molecular complexity index is 735. The third-order valence-electron chi connectivity index (χ3n) is 3.08. The number of urea groups is 1. The fourth-order valence-corrected chi connectivity index (χ4v) is 2.04. The highest BCUT2D eigenvalue weighted by molar-refractivity contribution is 5.84. The highest BCUT2D eigenvalue weighted by Gasteiger charge is 2.14. The first-order valence-electron chi connectivity index (χ1n) is 7.84. The summed E-state index contributed by atoms with van der Waals surface area (Å²) in [6.07, 6.45) is 7.71. The van der Waals surface area contributed by atoms with Crippen LogP contribution >= 0.6 is 0 Å². The molecule has 2 rings (SSSR count). The fraction of sp³-hybridized carbons (Fsp3) is 0.333. The molecular formula is C18H22N2O5. The lowest BCUT2D eigenvalue weighted by Crippen LogP contribution is -2.46. The molecule has 0 fully saturated rings. The van der Waals surface area contributed by atoms with Gasteiger partial charge in [-0.05, 0) is 51.1 Å². The summed E-state index contributed by atoms with van der Waals surface area (Å²) in [6.45, 7) is 5.84. The maximum Gasteiger partial charge on any atom is 0.371 e. The first-order valence-corrected chi connectivity index (χ1v) is 7.84. The van der Waals surface area contributed by atoms with Crippen molar-refractivity contribution in [3.05, 3.63) is 59.4 Å². The molecule has 1 heterocycles. The first-order chi connectivity index (χ1) is 11.7. The maximum absolute atomic E-state index is 11.9. The van der Waals surface area contributed by atoms with E-state index in [-0.39, 0.29) is 23.9 Å². The van der Waals surface area contributed by atoms with E-state index in [0.717, 1.165) is 5.70 Å². The Hall–Kier alpha value is -2.96. The number of carbonyl (C=O) groups is 2. The lowest BCUT2D eigenvalue weighted by atomic mass is 10.1. The molecule has 1 aromatic rings. The minimum atomic E-state index is -1.12. The van der Waals surface area contributed by atoms with Crippen LogP contribution < -0.4 is 10.6 Å². The van der Waals surface area contributed by atoms with Crippen molar-refractivity contribution in [3.8, 4) is 0 Å². The van der Waals surface area contributed by atoms with Crippen LogP contribution in [0, 0.1) is 0 Å². The van der Waals surface area contributed by atoms with Gasteiger partial charge in [0.1, 0.15) is 18.1 Å². The number of amides is 2. The highest BCUT2D eigenvalue weighted by Crippen LogP contribution is 2.15. The molecular weight excluding hydrogens is 324 g/mol. The Kier molecular flexibility index (Phi) is 5.69. The number of nitrogens with one attached hydrogen (secondary N) is 2. The van der Waals surface area contributed by atoms with E-state index in [2.05, 4.69) is 10.6 Å².